The summed E-state index contributed by atoms with van der Waals surface area (Å²) in [4.78, 5) is 0. The van der Waals surface area contributed by atoms with Crippen LogP contribution < -0.4 is 5.73 Å². The fraction of sp³-hybridized carbons (Fsp3) is 0.538. The molecule has 1 heterocycles. The minimum absolute atomic E-state index is 0.0311. The van der Waals surface area contributed by atoms with Gasteiger partial charge in [-0.25, -0.2) is 4.39 Å². The highest BCUT2D eigenvalue weighted by Crippen LogP contribution is 2.41. The van der Waals surface area contributed by atoms with Gasteiger partial charge in [-0.2, -0.15) is 0 Å². The molecule has 1 saturated heterocycles. The lowest BCUT2D eigenvalue weighted by atomic mass is 9.74. The highest BCUT2D eigenvalue weighted by Gasteiger charge is 2.54. The zero-order chi connectivity index (χ0) is 15.3. The third kappa shape index (κ3) is 2.58. The van der Waals surface area contributed by atoms with Crippen LogP contribution in [0.4, 0.5) is 4.39 Å². The van der Waals surface area contributed by atoms with E-state index in [0.717, 1.165) is 0 Å². The molecule has 0 spiro atoms. The summed E-state index contributed by atoms with van der Waals surface area (Å²) in [7, 11) is -0.787. The van der Waals surface area contributed by atoms with E-state index in [2.05, 4.69) is 0 Å². The molecule has 2 rings (SSSR count). The van der Waals surface area contributed by atoms with Crippen LogP contribution in [0.2, 0.25) is 10.0 Å². The number of nitrogens with two attached hydrogens (primary N) is 1. The average Bonchev–Trinajstić information content (AvgIpc) is 2.54. The lowest BCUT2D eigenvalue weighted by Gasteiger charge is -2.32. The molecular weight excluding hydrogens is 303 g/mol. The molecule has 110 valence electrons. The van der Waals surface area contributed by atoms with Gasteiger partial charge in [0.15, 0.2) is 0 Å². The zero-order valence-corrected chi connectivity index (χ0v) is 13.3. The minimum atomic E-state index is -0.859. The Morgan fingerprint density at radius 1 is 1.10 bits per heavy atom. The number of benzene rings is 1. The van der Waals surface area contributed by atoms with E-state index in [1.54, 1.807) is 0 Å². The van der Waals surface area contributed by atoms with Gasteiger partial charge in [-0.15, -0.1) is 0 Å². The first-order valence-corrected chi connectivity index (χ1v) is 7.07. The van der Waals surface area contributed by atoms with Crippen molar-refractivity contribution < 1.29 is 13.7 Å². The van der Waals surface area contributed by atoms with E-state index < -0.39 is 30.1 Å². The molecule has 1 aromatic carbocycles. The van der Waals surface area contributed by atoms with E-state index in [4.69, 9.17) is 38.2 Å². The molecular formula is C13H17BCl2FNO2. The van der Waals surface area contributed by atoms with Gasteiger partial charge in [0.05, 0.1) is 22.2 Å². The fourth-order valence-electron chi connectivity index (χ4n) is 2.02. The first-order chi connectivity index (χ1) is 9.07. The zero-order valence-electron chi connectivity index (χ0n) is 11.8. The van der Waals surface area contributed by atoms with Crippen molar-refractivity contribution in [1.82, 2.24) is 0 Å². The lowest BCUT2D eigenvalue weighted by Crippen LogP contribution is -2.41. The van der Waals surface area contributed by atoms with Gasteiger partial charge in [0, 0.05) is 10.6 Å². The van der Waals surface area contributed by atoms with Crippen molar-refractivity contribution in [3.05, 3.63) is 33.6 Å². The van der Waals surface area contributed by atoms with Crippen LogP contribution in [-0.4, -0.2) is 18.3 Å². The van der Waals surface area contributed by atoms with Crippen molar-refractivity contribution in [2.24, 2.45) is 5.73 Å². The van der Waals surface area contributed by atoms with Crippen LogP contribution in [0, 0.1) is 5.82 Å². The average molecular weight is 320 g/mol. The number of halogens is 3. The summed E-state index contributed by atoms with van der Waals surface area (Å²) < 4.78 is 25.8. The normalized spacial score (nSPS) is 22.1. The van der Waals surface area contributed by atoms with Crippen LogP contribution in [0.1, 0.15) is 39.2 Å². The van der Waals surface area contributed by atoms with Crippen LogP contribution in [0.3, 0.4) is 0 Å². The molecule has 0 saturated carbocycles. The van der Waals surface area contributed by atoms with Crippen molar-refractivity contribution in [2.45, 2.75) is 44.8 Å². The van der Waals surface area contributed by atoms with E-state index in [0.29, 0.717) is 0 Å². The molecule has 0 radical (unpaired) electrons. The molecule has 20 heavy (non-hydrogen) atoms. The van der Waals surface area contributed by atoms with E-state index in [-0.39, 0.29) is 15.6 Å². The Kier molecular flexibility index (Phi) is 4.13. The molecule has 1 fully saturated rings. The Morgan fingerprint density at radius 3 is 2.05 bits per heavy atom. The van der Waals surface area contributed by atoms with Gasteiger partial charge in [-0.3, -0.25) is 0 Å². The van der Waals surface area contributed by atoms with Crippen molar-refractivity contribution in [1.29, 1.82) is 0 Å². The van der Waals surface area contributed by atoms with Crippen LogP contribution in [-0.2, 0) is 9.31 Å². The Labute approximate surface area is 128 Å². The van der Waals surface area contributed by atoms with Gasteiger partial charge in [0.25, 0.3) is 0 Å². The highest BCUT2D eigenvalue weighted by atomic mass is 35.5. The molecule has 0 aromatic heterocycles. The van der Waals surface area contributed by atoms with Crippen molar-refractivity contribution in [3.8, 4) is 0 Å². The minimum Gasteiger partial charge on any atom is -0.402 e. The molecule has 0 unspecified atom stereocenters. The predicted molar refractivity (Wildman–Crippen MR) is 79.4 cm³/mol. The van der Waals surface area contributed by atoms with Gasteiger partial charge >= 0.3 is 7.12 Å². The van der Waals surface area contributed by atoms with E-state index in [9.17, 15) is 4.39 Å². The van der Waals surface area contributed by atoms with Gasteiger partial charge in [-0.05, 0) is 39.8 Å². The van der Waals surface area contributed by atoms with Gasteiger partial charge in [-0.1, -0.05) is 23.2 Å². The first kappa shape index (κ1) is 16.1. The molecule has 7 heteroatoms. The molecule has 0 aliphatic carbocycles. The van der Waals surface area contributed by atoms with E-state index in [1.165, 1.54) is 12.1 Å². The maximum absolute atomic E-state index is 14.1. The van der Waals surface area contributed by atoms with Crippen molar-refractivity contribution in [3.63, 3.8) is 0 Å². The summed E-state index contributed by atoms with van der Waals surface area (Å²) in [5.74, 6) is -1.50. The standard InChI is InChI=1S/C13H17BCl2FNO2/c1-12(2)13(3,4)20-14(19-12)11(18)9-7(15)5-6-8(16)10(9)17/h5-6,11H,18H2,1-4H3/t11-/m0/s1. The van der Waals surface area contributed by atoms with E-state index >= 15 is 0 Å². The Bertz CT molecular complexity index is 523. The highest BCUT2D eigenvalue weighted by molar-refractivity contribution is 6.48. The summed E-state index contributed by atoms with van der Waals surface area (Å²) >= 11 is 11.8. The smallest absolute Gasteiger partial charge is 0.402 e. The molecule has 1 atom stereocenters. The SMILES string of the molecule is CC1(C)OB([C@@H](N)c2c(Cl)ccc(Cl)c2F)OC1(C)C. The predicted octanol–water partition coefficient (Wildman–Crippen LogP) is 3.76. The quantitative estimate of drug-likeness (QED) is 0.666. The third-order valence-electron chi connectivity index (χ3n) is 3.98. The van der Waals surface area contributed by atoms with Crippen molar-refractivity contribution >= 4 is 30.3 Å². The molecule has 1 aliphatic heterocycles. The van der Waals surface area contributed by atoms with E-state index in [1.807, 2.05) is 27.7 Å². The molecule has 1 aromatic rings. The van der Waals surface area contributed by atoms with Crippen LogP contribution in [0.25, 0.3) is 0 Å². The van der Waals surface area contributed by atoms with Crippen LogP contribution in [0.15, 0.2) is 12.1 Å². The molecule has 2 N–H and O–H groups in total. The summed E-state index contributed by atoms with van der Waals surface area (Å²) in [6.45, 7) is 7.59. The molecule has 0 amide bonds. The summed E-state index contributed by atoms with van der Waals surface area (Å²) in [5.41, 5.74) is 5.10. The summed E-state index contributed by atoms with van der Waals surface area (Å²) in [6, 6.07) is 2.90. The van der Waals surface area contributed by atoms with Crippen LogP contribution in [0.5, 0.6) is 0 Å². The largest absolute Gasteiger partial charge is 0.480 e. The fourth-order valence-corrected chi connectivity index (χ4v) is 2.46. The maximum Gasteiger partial charge on any atom is 0.480 e. The van der Waals surface area contributed by atoms with Crippen molar-refractivity contribution in [2.75, 3.05) is 0 Å². The summed E-state index contributed by atoms with van der Waals surface area (Å²) in [6.07, 6.45) is 0. The Morgan fingerprint density at radius 2 is 1.55 bits per heavy atom. The summed E-state index contributed by atoms with van der Waals surface area (Å²) in [5, 5.41) is 0.172. The van der Waals surface area contributed by atoms with Gasteiger partial charge in [0.2, 0.25) is 0 Å². The monoisotopic (exact) mass is 319 g/mol. The second kappa shape index (κ2) is 5.14. The van der Waals surface area contributed by atoms with Gasteiger partial charge in [0.1, 0.15) is 5.82 Å². The topological polar surface area (TPSA) is 44.5 Å². The number of rotatable bonds is 2. The molecule has 1 aliphatic rings. The second-order valence-corrected chi connectivity index (χ2v) is 6.72. The molecule has 3 nitrogen and oxygen atoms in total. The number of hydrogen-bond acceptors (Lipinski definition) is 3. The second-order valence-electron chi connectivity index (χ2n) is 5.91. The Balaban J connectivity index is 2.35. The maximum atomic E-state index is 14.1. The third-order valence-corrected chi connectivity index (χ3v) is 4.60. The van der Waals surface area contributed by atoms with Gasteiger partial charge < -0.3 is 15.0 Å². The van der Waals surface area contributed by atoms with Crippen LogP contribution >= 0.6 is 23.2 Å². The lowest BCUT2D eigenvalue weighted by molar-refractivity contribution is 0.00578. The molecule has 0 bridgehead atoms. The number of hydrogen-bond donors (Lipinski definition) is 1. The Hall–Kier alpha value is -0.325. The first-order valence-electron chi connectivity index (χ1n) is 6.31.